The zero-order valence-corrected chi connectivity index (χ0v) is 72.9. The third-order valence-electron chi connectivity index (χ3n) is 21.6. The number of aryl methyl sites for hydroxylation is 2. The molecule has 5 aliphatic rings. The van der Waals surface area contributed by atoms with Gasteiger partial charge < -0.3 is 170 Å². The Bertz CT molecular complexity index is 5310. The third kappa shape index (κ3) is 32.5. The number of phenols is 7. The van der Waals surface area contributed by atoms with Crippen LogP contribution in [0, 0.1) is 6.92 Å². The molecule has 5 saturated carbocycles. The molecule has 0 radical (unpaired) electrons. The minimum atomic E-state index is -2.45. The number of hydrogen-bond acceptors (Lipinski definition) is 42. The van der Waals surface area contributed by atoms with Crippen molar-refractivity contribution in [2.24, 2.45) is 0 Å². The van der Waals surface area contributed by atoms with E-state index in [0.717, 1.165) is 35.9 Å². The third-order valence-corrected chi connectivity index (χ3v) is 21.6. The molecule has 0 aliphatic heterocycles. The fourth-order valence-electron chi connectivity index (χ4n) is 14.4. The Morgan fingerprint density at radius 1 is 0.336 bits per heavy atom. The molecule has 16 atom stereocenters. The summed E-state index contributed by atoms with van der Waals surface area (Å²) in [5.74, 6) is -14.2. The molecule has 5 aliphatic carbocycles. The number of phenolic OH excluding ortho intramolecular Hbond substituents is 7. The van der Waals surface area contributed by atoms with Gasteiger partial charge in [0.2, 0.25) is 11.6 Å². The van der Waals surface area contributed by atoms with Gasteiger partial charge >= 0.3 is 53.7 Å². The van der Waals surface area contributed by atoms with Crippen LogP contribution in [0.5, 0.6) is 51.7 Å². The lowest BCUT2D eigenvalue weighted by molar-refractivity contribution is -0.256. The molecule has 10 unspecified atom stereocenters. The normalized spacial score (nSPS) is 27.8. The number of carboxylic acid groups (broad SMARTS) is 3. The molecular weight excluding hydrogens is 1820 g/mol. The van der Waals surface area contributed by atoms with Gasteiger partial charge in [0.25, 0.3) is 12.9 Å². The Labute approximate surface area is 777 Å². The van der Waals surface area contributed by atoms with Gasteiger partial charge in [-0.05, 0) is 149 Å². The molecular formula is C92H104O45. The number of aliphatic hydroxyl groups is 14. The lowest BCUT2D eigenvalue weighted by atomic mass is 9.79. The maximum absolute atomic E-state index is 12.5. The summed E-state index contributed by atoms with van der Waals surface area (Å²) >= 11 is 0. The zero-order chi connectivity index (χ0) is 102. The van der Waals surface area contributed by atoms with Gasteiger partial charge in [-0.25, -0.2) is 38.4 Å². The van der Waals surface area contributed by atoms with E-state index in [1.807, 2.05) is 0 Å². The first-order chi connectivity index (χ1) is 64.3. The summed E-state index contributed by atoms with van der Waals surface area (Å²) in [6.07, 6.45) is -14.3. The summed E-state index contributed by atoms with van der Waals surface area (Å²) in [5, 5.41) is 233. The molecule has 0 heterocycles. The summed E-state index contributed by atoms with van der Waals surface area (Å²) in [7, 11) is 2.74. The molecule has 6 aromatic rings. The number of carbonyl (C=O) groups excluding carboxylic acids is 8. The number of benzene rings is 6. The summed E-state index contributed by atoms with van der Waals surface area (Å²) in [4.78, 5) is 127. The second kappa shape index (κ2) is 49.4. The van der Waals surface area contributed by atoms with Crippen LogP contribution in [0.2, 0.25) is 0 Å². The van der Waals surface area contributed by atoms with Crippen LogP contribution in [0.4, 0.5) is 0 Å². The topological polar surface area (TPSA) is 766 Å². The highest BCUT2D eigenvalue weighted by molar-refractivity contribution is 5.91. The van der Waals surface area contributed by atoms with Crippen molar-refractivity contribution in [1.82, 2.24) is 0 Å². The zero-order valence-electron chi connectivity index (χ0n) is 72.9. The summed E-state index contributed by atoms with van der Waals surface area (Å²) in [6.45, 7) is 1.79. The van der Waals surface area contributed by atoms with E-state index in [9.17, 15) is 155 Å². The van der Waals surface area contributed by atoms with Crippen LogP contribution >= 0.6 is 0 Å². The highest BCUT2D eigenvalue weighted by Gasteiger charge is 2.55. The predicted octanol–water partition coefficient (Wildman–Crippen LogP) is 0.255. The molecule has 0 amide bonds. The number of carbonyl (C=O) groups is 11. The van der Waals surface area contributed by atoms with Crippen LogP contribution in [-0.4, -0.2) is 323 Å². The van der Waals surface area contributed by atoms with Crippen molar-refractivity contribution < 1.29 is 223 Å². The van der Waals surface area contributed by atoms with Crippen molar-refractivity contribution >= 4 is 97.0 Å². The Morgan fingerprint density at radius 3 is 1.06 bits per heavy atom. The SMILES string of the molecule is COc1cc(/C=C/C(=O)OC2C[C@@](O)(OC=O)CC(O)[C@@H]2O)ccc1O.COc1cc(/C=C/C(=O)O[C@H]2C(O)C[C@](O)(C(=O)O)CC2OC(=O)/C=C/c2ccc(O)c(O)c2)ccc1O.Cc1cc(CCC(=O)OC2C(O)CC(O)(OC=O)CC2O)ccc1O.O=C(/C=C/c1ccc(O)cc1)OC1C(O)CC(O)(C(=O)O)CC1O.O=C(/C=C/c1ccc(O)cc1)OC1C[C@@](O)(C(=O)O)CC(O)[C@@H]1O. The molecule has 24 N–H and O–H groups in total. The van der Waals surface area contributed by atoms with Gasteiger partial charge in [0, 0.05) is 94.6 Å². The number of aromatic hydroxyl groups is 7. The lowest BCUT2D eigenvalue weighted by Gasteiger charge is -2.40. The molecule has 0 spiro atoms. The molecule has 45 nitrogen and oxygen atoms in total. The average Bonchev–Trinajstić information content (AvgIpc) is 0.800. The Morgan fingerprint density at radius 2 is 0.650 bits per heavy atom. The van der Waals surface area contributed by atoms with Crippen molar-refractivity contribution in [2.75, 3.05) is 14.2 Å². The predicted molar refractivity (Wildman–Crippen MR) is 463 cm³/mol. The minimum absolute atomic E-state index is 0.0153. The van der Waals surface area contributed by atoms with Crippen molar-refractivity contribution in [1.29, 1.82) is 0 Å². The van der Waals surface area contributed by atoms with E-state index in [-0.39, 0.29) is 84.6 Å². The number of carboxylic acids is 3. The van der Waals surface area contributed by atoms with Gasteiger partial charge in [0.05, 0.1) is 63.4 Å². The van der Waals surface area contributed by atoms with Crippen LogP contribution in [0.1, 0.15) is 110 Å². The number of aliphatic carboxylic acids is 3. The molecule has 137 heavy (non-hydrogen) atoms. The fraction of sp³-hybridized carbons (Fsp3) is 0.380. The van der Waals surface area contributed by atoms with Crippen molar-refractivity contribution in [3.05, 3.63) is 191 Å². The van der Waals surface area contributed by atoms with E-state index in [4.69, 9.17) is 58.3 Å². The maximum atomic E-state index is 12.5. The smallest absolute Gasteiger partial charge is 0.335 e. The van der Waals surface area contributed by atoms with Gasteiger partial charge in [-0.15, -0.1) is 0 Å². The van der Waals surface area contributed by atoms with Crippen LogP contribution in [0.25, 0.3) is 30.4 Å². The molecule has 45 heteroatoms. The lowest BCUT2D eigenvalue weighted by Crippen LogP contribution is -2.58. The number of hydrogen-bond donors (Lipinski definition) is 24. The summed E-state index contributed by atoms with van der Waals surface area (Å²) in [6, 6.07) is 29.5. The highest BCUT2D eigenvalue weighted by Crippen LogP contribution is 2.39. The van der Waals surface area contributed by atoms with Crippen LogP contribution < -0.4 is 9.47 Å². The Hall–Kier alpha value is -14.2. The van der Waals surface area contributed by atoms with Gasteiger partial charge in [0.15, 0.2) is 69.6 Å². The number of rotatable bonds is 28. The second-order valence-electron chi connectivity index (χ2n) is 32.1. The first kappa shape index (κ1) is 110. The fourth-order valence-corrected chi connectivity index (χ4v) is 14.4. The average molecular weight is 1930 g/mol. The molecule has 11 rings (SSSR count). The molecule has 742 valence electrons. The van der Waals surface area contributed by atoms with E-state index < -0.39 is 224 Å². The monoisotopic (exact) mass is 1930 g/mol. The first-order valence-electron chi connectivity index (χ1n) is 41.3. The molecule has 6 aromatic carbocycles. The first-order valence-corrected chi connectivity index (χ1v) is 41.3. The van der Waals surface area contributed by atoms with Gasteiger partial charge in [-0.2, -0.15) is 0 Å². The summed E-state index contributed by atoms with van der Waals surface area (Å²) in [5.41, 5.74) is -2.89. The van der Waals surface area contributed by atoms with Crippen LogP contribution in [0.3, 0.4) is 0 Å². The van der Waals surface area contributed by atoms with Gasteiger partial charge in [-0.1, -0.05) is 54.6 Å². The quantitative estimate of drug-likeness (QED) is 0.00782. The standard InChI is InChI=1S/C26H26O12.C17H20O9.C17H22O8.2C16H18O8/c1-36-20-11-15(3-7-17(20)28)5-9-23(32)38-24-19(30)12-26(35,25(33)34)13-21(24)37-22(31)8-4-14-2-6-16(27)18(29)10-14;1-24-13-6-10(2-4-11(13)19)3-5-15(21)26-14-8-17(23,25-9-18)7-12(20)16(14)22;1-10-6-11(2-4-12(10)19)3-5-15(22)25-16-13(20)7-17(23,24-9-18)8-14(16)21;17-10-4-1-9(2-5-10)3-6-13(19)24-12-8-16(23,15(21)22)7-11(18)14(12)20;17-10-4-1-9(2-5-10)3-6-13(20)24-14-11(18)7-16(23,15(21)22)8-12(14)19/h2-11,19,21,24,27-30,35H,12-13H2,1H3,(H,33,34);2-6,9,12,14,16,19-20,22-23H,7-8H2,1H3;2,4,6,9,13-14,16,19-21,23H,3,5,7-8H2,1H3;1-6,11-12,14,17-18,20,23H,7-8H2,(H,21,22);1-6,11-12,14,17-19,23H,7-8H2,(H,21,22)/b8-4+,9-5+;5-3+;;2*6-3+/t19?,21?,24-,26+;12?,14?,16-,17-;;11?,12?,14-,16+;/m00.0./s1. The maximum Gasteiger partial charge on any atom is 0.335 e. The van der Waals surface area contributed by atoms with E-state index >= 15 is 0 Å². The largest absolute Gasteiger partial charge is 0.508 e. The molecule has 0 bridgehead atoms. The van der Waals surface area contributed by atoms with Gasteiger partial charge in [0.1, 0.15) is 47.8 Å². The van der Waals surface area contributed by atoms with E-state index in [0.29, 0.717) is 39.8 Å². The number of esters is 6. The second-order valence-corrected chi connectivity index (χ2v) is 32.1. The van der Waals surface area contributed by atoms with Crippen LogP contribution in [-0.2, 0) is 97.1 Å². The Balaban J connectivity index is 0.000000236. The van der Waals surface area contributed by atoms with Gasteiger partial charge in [-0.3, -0.25) is 14.4 Å². The molecule has 5 fully saturated rings. The van der Waals surface area contributed by atoms with Crippen LogP contribution in [0.15, 0.2) is 152 Å². The van der Waals surface area contributed by atoms with E-state index in [2.05, 4.69) is 9.47 Å². The van der Waals surface area contributed by atoms with E-state index in [1.54, 1.807) is 49.4 Å². The molecule has 0 aromatic heterocycles. The Kier molecular flexibility index (Phi) is 39.6. The number of methoxy groups -OCH3 is 2. The highest BCUT2D eigenvalue weighted by atomic mass is 16.7. The van der Waals surface area contributed by atoms with E-state index in [1.165, 1.54) is 123 Å². The van der Waals surface area contributed by atoms with Crippen molar-refractivity contribution in [3.63, 3.8) is 0 Å². The number of ether oxygens (including phenoxy) is 10. The van der Waals surface area contributed by atoms with Crippen molar-refractivity contribution in [3.8, 4) is 51.7 Å². The number of aliphatic hydroxyl groups excluding tert-OH is 9. The molecule has 0 saturated heterocycles. The van der Waals surface area contributed by atoms with Crippen molar-refractivity contribution in [2.45, 2.75) is 204 Å². The minimum Gasteiger partial charge on any atom is -0.508 e. The summed E-state index contributed by atoms with van der Waals surface area (Å²) < 4.78 is 49.5.